The van der Waals surface area contributed by atoms with Gasteiger partial charge in [-0.1, -0.05) is 24.3 Å². The second kappa shape index (κ2) is 7.91. The van der Waals surface area contributed by atoms with Gasteiger partial charge in [-0.05, 0) is 23.2 Å². The Morgan fingerprint density at radius 1 is 1.22 bits per heavy atom. The van der Waals surface area contributed by atoms with Gasteiger partial charge in [0.05, 0.1) is 17.7 Å². The highest BCUT2D eigenvalue weighted by Crippen LogP contribution is 2.31. The Bertz CT molecular complexity index is 1340. The van der Waals surface area contributed by atoms with E-state index in [-0.39, 0.29) is 11.4 Å². The molecule has 0 atom stereocenters. The lowest BCUT2D eigenvalue weighted by Gasteiger charge is -2.11. The zero-order valence-corrected chi connectivity index (χ0v) is 16.8. The van der Waals surface area contributed by atoms with Gasteiger partial charge in [0.15, 0.2) is 5.65 Å². The molecule has 4 aromatic rings. The first-order valence-electron chi connectivity index (χ1n) is 9.88. The van der Waals surface area contributed by atoms with Crippen molar-refractivity contribution in [2.24, 2.45) is 5.73 Å². The molecule has 0 spiro atoms. The van der Waals surface area contributed by atoms with Crippen LogP contribution in [0.1, 0.15) is 21.5 Å². The Labute approximate surface area is 182 Å². The monoisotopic (exact) mass is 431 g/mol. The van der Waals surface area contributed by atoms with Crippen molar-refractivity contribution in [3.8, 4) is 17.5 Å². The van der Waals surface area contributed by atoms with E-state index in [1.807, 2.05) is 6.07 Å². The van der Waals surface area contributed by atoms with Crippen LogP contribution in [0, 0.1) is 0 Å². The minimum Gasteiger partial charge on any atom is -0.477 e. The summed E-state index contributed by atoms with van der Waals surface area (Å²) in [6.45, 7) is 0.886. The molecule has 160 valence electrons. The maximum atomic E-state index is 11.7. The number of fused-ring (bicyclic) bond motifs is 2. The van der Waals surface area contributed by atoms with Crippen molar-refractivity contribution >= 4 is 30.0 Å². The van der Waals surface area contributed by atoms with E-state index in [4.69, 9.17) is 10.5 Å². The minimum atomic E-state index is -1.54. The molecular weight excluding hydrogens is 413 g/mol. The van der Waals surface area contributed by atoms with Gasteiger partial charge in [-0.15, -0.1) is 10.2 Å². The molecular formula is C20H18BN7O4. The van der Waals surface area contributed by atoms with Gasteiger partial charge in [-0.2, -0.15) is 4.98 Å². The molecule has 1 aliphatic heterocycles. The molecule has 12 heteroatoms. The molecule has 32 heavy (non-hydrogen) atoms. The molecule has 3 aromatic heterocycles. The summed E-state index contributed by atoms with van der Waals surface area (Å²) in [4.78, 5) is 20.8. The van der Waals surface area contributed by atoms with Crippen LogP contribution in [0.5, 0.6) is 5.88 Å². The van der Waals surface area contributed by atoms with Crippen molar-refractivity contribution in [3.63, 3.8) is 0 Å². The van der Waals surface area contributed by atoms with Gasteiger partial charge in [-0.25, -0.2) is 4.98 Å². The van der Waals surface area contributed by atoms with Crippen LogP contribution < -0.4 is 21.3 Å². The Morgan fingerprint density at radius 3 is 2.91 bits per heavy atom. The van der Waals surface area contributed by atoms with E-state index >= 15 is 0 Å². The average molecular weight is 431 g/mol. The molecule has 0 radical (unpaired) electrons. The van der Waals surface area contributed by atoms with Crippen LogP contribution in [0.4, 0.5) is 5.82 Å². The molecule has 0 aliphatic carbocycles. The van der Waals surface area contributed by atoms with Gasteiger partial charge < -0.3 is 25.8 Å². The Hall–Kier alpha value is -4.03. The Balaban J connectivity index is 1.52. The summed E-state index contributed by atoms with van der Waals surface area (Å²) < 4.78 is 7.27. The van der Waals surface area contributed by atoms with Crippen LogP contribution in [-0.2, 0) is 13.0 Å². The number of nitrogens with one attached hydrogen (secondary N) is 1. The number of benzene rings is 1. The number of anilines is 1. The quantitative estimate of drug-likeness (QED) is 0.295. The van der Waals surface area contributed by atoms with Crippen molar-refractivity contribution in [3.05, 3.63) is 59.3 Å². The van der Waals surface area contributed by atoms with E-state index in [0.717, 1.165) is 11.1 Å². The van der Waals surface area contributed by atoms with E-state index in [1.165, 1.54) is 0 Å². The molecule has 1 aliphatic rings. The van der Waals surface area contributed by atoms with Gasteiger partial charge in [0.25, 0.3) is 5.91 Å². The number of nitrogens with zero attached hydrogens (tertiary/aromatic N) is 5. The number of ether oxygens (including phenoxy) is 1. The molecule has 4 heterocycles. The summed E-state index contributed by atoms with van der Waals surface area (Å²) in [6.07, 6.45) is 2.35. The van der Waals surface area contributed by atoms with Gasteiger partial charge >= 0.3 is 7.12 Å². The third-order valence-electron chi connectivity index (χ3n) is 5.17. The molecule has 5 N–H and O–H groups in total. The van der Waals surface area contributed by atoms with E-state index in [0.29, 0.717) is 48.2 Å². The van der Waals surface area contributed by atoms with Crippen LogP contribution >= 0.6 is 0 Å². The highest BCUT2D eigenvalue weighted by Gasteiger charge is 2.24. The van der Waals surface area contributed by atoms with Gasteiger partial charge in [0.2, 0.25) is 17.5 Å². The van der Waals surface area contributed by atoms with Crippen LogP contribution in [0.3, 0.4) is 0 Å². The zero-order valence-electron chi connectivity index (χ0n) is 16.8. The molecule has 0 saturated carbocycles. The highest BCUT2D eigenvalue weighted by atomic mass is 16.5. The van der Waals surface area contributed by atoms with Crippen LogP contribution in [-0.4, -0.2) is 54.2 Å². The van der Waals surface area contributed by atoms with E-state index < -0.39 is 13.0 Å². The third kappa shape index (κ3) is 3.51. The van der Waals surface area contributed by atoms with E-state index in [2.05, 4.69) is 25.5 Å². The van der Waals surface area contributed by atoms with E-state index in [1.54, 1.807) is 40.9 Å². The predicted octanol–water partition coefficient (Wildman–Crippen LogP) is -0.488. The maximum Gasteiger partial charge on any atom is 0.488 e. The fraction of sp³-hybridized carbons (Fsp3) is 0.150. The number of aromatic nitrogens is 5. The summed E-state index contributed by atoms with van der Waals surface area (Å²) in [5.41, 5.74) is 8.09. The summed E-state index contributed by atoms with van der Waals surface area (Å²) in [7, 11) is -1.54. The molecule has 11 nitrogen and oxygen atoms in total. The number of pyridine rings is 1. The van der Waals surface area contributed by atoms with Crippen molar-refractivity contribution in [1.29, 1.82) is 0 Å². The molecule has 0 saturated heterocycles. The predicted molar refractivity (Wildman–Crippen MR) is 115 cm³/mol. The summed E-state index contributed by atoms with van der Waals surface area (Å²) in [5, 5.41) is 30.3. The first kappa shape index (κ1) is 19.9. The smallest absolute Gasteiger partial charge is 0.477 e. The minimum absolute atomic E-state index is 0.243. The lowest BCUT2D eigenvalue weighted by atomic mass is 9.79. The first-order chi connectivity index (χ1) is 15.5. The third-order valence-corrected chi connectivity index (χ3v) is 5.17. The van der Waals surface area contributed by atoms with Crippen molar-refractivity contribution in [2.75, 3.05) is 11.9 Å². The number of hydrogen-bond donors (Lipinski definition) is 4. The van der Waals surface area contributed by atoms with Crippen molar-refractivity contribution in [1.82, 2.24) is 24.6 Å². The molecule has 0 bridgehead atoms. The van der Waals surface area contributed by atoms with Gasteiger partial charge in [0.1, 0.15) is 5.82 Å². The number of primary amides is 1. The number of carbonyl (C=O) groups is 1. The summed E-state index contributed by atoms with van der Waals surface area (Å²) in [5.74, 6) is 1.06. The normalized spacial score (nSPS) is 12.4. The second-order valence-corrected chi connectivity index (χ2v) is 7.25. The molecule has 0 unspecified atom stereocenters. The fourth-order valence-corrected chi connectivity index (χ4v) is 3.61. The largest absolute Gasteiger partial charge is 0.488 e. The lowest BCUT2D eigenvalue weighted by molar-refractivity contribution is 0.100. The van der Waals surface area contributed by atoms with Gasteiger partial charge in [-0.3, -0.25) is 9.20 Å². The Morgan fingerprint density at radius 2 is 2.09 bits per heavy atom. The molecule has 0 fully saturated rings. The number of rotatable bonds is 6. The van der Waals surface area contributed by atoms with Crippen molar-refractivity contribution < 1.29 is 19.6 Å². The number of amides is 1. The number of hydrogen-bond acceptors (Lipinski definition) is 9. The Kier molecular flexibility index (Phi) is 4.92. The van der Waals surface area contributed by atoms with E-state index in [9.17, 15) is 14.8 Å². The van der Waals surface area contributed by atoms with Gasteiger partial charge in [0, 0.05) is 19.2 Å². The SMILES string of the molecule is NC(=O)c1cccn2c(-c3nc(NCc4cccc(B(O)O)c4)c4c(n3)OCC4)nnc12. The number of carbonyl (C=O) groups excluding carboxylic acids is 1. The molecule has 1 amide bonds. The summed E-state index contributed by atoms with van der Waals surface area (Å²) in [6, 6.07) is 10.2. The molecule has 5 rings (SSSR count). The average Bonchev–Trinajstić information content (AvgIpc) is 3.44. The maximum absolute atomic E-state index is 11.7. The molecule has 1 aromatic carbocycles. The van der Waals surface area contributed by atoms with Crippen molar-refractivity contribution in [2.45, 2.75) is 13.0 Å². The topological polar surface area (TPSA) is 161 Å². The first-order valence-corrected chi connectivity index (χ1v) is 9.88. The van der Waals surface area contributed by atoms with Crippen LogP contribution in [0.25, 0.3) is 17.3 Å². The van der Waals surface area contributed by atoms with Crippen LogP contribution in [0.15, 0.2) is 42.6 Å². The zero-order chi connectivity index (χ0) is 22.2. The second-order valence-electron chi connectivity index (χ2n) is 7.25. The summed E-state index contributed by atoms with van der Waals surface area (Å²) >= 11 is 0. The lowest BCUT2D eigenvalue weighted by Crippen LogP contribution is -2.30. The highest BCUT2D eigenvalue weighted by molar-refractivity contribution is 6.58. The van der Waals surface area contributed by atoms with Crippen LogP contribution in [0.2, 0.25) is 0 Å². The number of nitrogens with two attached hydrogens (primary N) is 1. The fourth-order valence-electron chi connectivity index (χ4n) is 3.61. The standard InChI is InChI=1S/C20H18BN7O4/c22-15(29)13-5-2-7-28-18(13)26-27-19(28)17-24-16(14-6-8-32-20(14)25-17)23-10-11-3-1-4-12(9-11)21(30)31/h1-5,7,9,30-31H,6,8,10H2,(H2,22,29)(H,23,24,25).